The van der Waals surface area contributed by atoms with Crippen LogP contribution >= 0.6 is 24.4 Å². The molecule has 0 bridgehead atoms. The summed E-state index contributed by atoms with van der Waals surface area (Å²) in [5.74, 6) is -1.38. The van der Waals surface area contributed by atoms with Gasteiger partial charge < -0.3 is 10.4 Å². The van der Waals surface area contributed by atoms with Gasteiger partial charge in [0, 0.05) is 17.8 Å². The van der Waals surface area contributed by atoms with Gasteiger partial charge in [0.2, 0.25) is 5.85 Å². The van der Waals surface area contributed by atoms with Gasteiger partial charge in [0.25, 0.3) is 0 Å². The maximum Gasteiger partial charge on any atom is 0.231 e. The van der Waals surface area contributed by atoms with Crippen LogP contribution in [0.25, 0.3) is 0 Å². The molecule has 1 fully saturated rings. The summed E-state index contributed by atoms with van der Waals surface area (Å²) in [4.78, 5) is 3.50. The number of thiocarbonyl (C=S) groups is 2. The number of hydrogen-bond acceptors (Lipinski definition) is 3. The Hall–Kier alpha value is -2.02. The van der Waals surface area contributed by atoms with Gasteiger partial charge in [-0.15, -0.1) is 0 Å². The first-order chi connectivity index (χ1) is 12.4. The number of anilines is 2. The molecule has 0 saturated carbocycles. The smallest absolute Gasteiger partial charge is 0.231 e. The van der Waals surface area contributed by atoms with Crippen LogP contribution < -0.4 is 15.1 Å². The fraction of sp³-hybridized carbons (Fsp3) is 0.300. The first-order valence-electron chi connectivity index (χ1n) is 8.68. The van der Waals surface area contributed by atoms with Crippen LogP contribution in [0.15, 0.2) is 48.5 Å². The van der Waals surface area contributed by atoms with Gasteiger partial charge in [-0.05, 0) is 69.0 Å². The van der Waals surface area contributed by atoms with Crippen LogP contribution in [0.2, 0.25) is 0 Å². The second kappa shape index (κ2) is 7.31. The normalized spacial score (nSPS) is 16.6. The Morgan fingerprint density at radius 3 is 1.58 bits per heavy atom. The minimum atomic E-state index is -1.38. The molecule has 1 heterocycles. The molecule has 1 aliphatic heterocycles. The molecule has 0 spiro atoms. The molecule has 136 valence electrons. The van der Waals surface area contributed by atoms with Crippen molar-refractivity contribution in [2.45, 2.75) is 39.5 Å². The van der Waals surface area contributed by atoms with Gasteiger partial charge in [-0.2, -0.15) is 0 Å². The molecule has 2 aromatic carbocycles. The largest absolute Gasteiger partial charge is 0.353 e. The Bertz CT molecular complexity index is 754. The van der Waals surface area contributed by atoms with Crippen LogP contribution in [0.4, 0.5) is 11.4 Å². The van der Waals surface area contributed by atoms with E-state index in [-0.39, 0.29) is 0 Å². The van der Waals surface area contributed by atoms with Gasteiger partial charge in [-0.25, -0.2) is 0 Å². The third kappa shape index (κ3) is 3.32. The Morgan fingerprint density at radius 2 is 1.23 bits per heavy atom. The summed E-state index contributed by atoms with van der Waals surface area (Å²) in [6.07, 6.45) is 1.25. The van der Waals surface area contributed by atoms with Gasteiger partial charge in [0.15, 0.2) is 10.2 Å². The van der Waals surface area contributed by atoms with Gasteiger partial charge in [-0.3, -0.25) is 9.80 Å². The predicted octanol–water partition coefficient (Wildman–Crippen LogP) is 4.24. The van der Waals surface area contributed by atoms with Gasteiger partial charge >= 0.3 is 0 Å². The van der Waals surface area contributed by atoms with Crippen molar-refractivity contribution in [3.63, 3.8) is 0 Å². The van der Waals surface area contributed by atoms with E-state index in [1.54, 1.807) is 9.80 Å². The molecule has 3 rings (SSSR count). The molecule has 2 aromatic rings. The van der Waals surface area contributed by atoms with Crippen molar-refractivity contribution < 1.29 is 5.11 Å². The summed E-state index contributed by atoms with van der Waals surface area (Å²) in [5, 5.41) is 15.7. The molecule has 1 saturated heterocycles. The fourth-order valence-corrected chi connectivity index (χ4v) is 3.98. The highest BCUT2D eigenvalue weighted by atomic mass is 32.1. The summed E-state index contributed by atoms with van der Waals surface area (Å²) in [6, 6.07) is 15.9. The van der Waals surface area contributed by atoms with E-state index in [0.717, 1.165) is 28.9 Å². The Balaban J connectivity index is 2.13. The van der Waals surface area contributed by atoms with Gasteiger partial charge in [0.1, 0.15) is 0 Å². The van der Waals surface area contributed by atoms with Crippen molar-refractivity contribution in [2.75, 3.05) is 9.80 Å². The van der Waals surface area contributed by atoms with E-state index in [2.05, 4.69) is 5.32 Å². The minimum Gasteiger partial charge on any atom is -0.353 e. The molecular weight excluding hydrogens is 362 g/mol. The topological polar surface area (TPSA) is 38.7 Å². The van der Waals surface area contributed by atoms with Crippen LogP contribution in [0.5, 0.6) is 0 Å². The van der Waals surface area contributed by atoms with Crippen LogP contribution in [-0.4, -0.2) is 21.2 Å². The van der Waals surface area contributed by atoms with E-state index in [0.29, 0.717) is 16.6 Å². The summed E-state index contributed by atoms with van der Waals surface area (Å²) >= 11 is 11.1. The van der Waals surface area contributed by atoms with E-state index in [4.69, 9.17) is 24.4 Å². The molecular formula is C20H23N3OS2. The average molecular weight is 386 g/mol. The predicted molar refractivity (Wildman–Crippen MR) is 116 cm³/mol. The number of aliphatic hydroxyl groups is 1. The first kappa shape index (κ1) is 18.8. The second-order valence-corrected chi connectivity index (χ2v) is 7.37. The molecule has 26 heavy (non-hydrogen) atoms. The lowest BCUT2D eigenvalue weighted by Crippen LogP contribution is -2.73. The lowest BCUT2D eigenvalue weighted by molar-refractivity contribution is 0.0470. The summed E-state index contributed by atoms with van der Waals surface area (Å²) in [5.41, 5.74) is 3.94. The summed E-state index contributed by atoms with van der Waals surface area (Å²) in [7, 11) is 0. The molecule has 0 aromatic heterocycles. The molecule has 4 nitrogen and oxygen atoms in total. The van der Waals surface area contributed by atoms with E-state index in [1.807, 2.05) is 69.3 Å². The molecule has 1 aliphatic rings. The molecule has 2 N–H and O–H groups in total. The molecule has 0 unspecified atom stereocenters. The van der Waals surface area contributed by atoms with Crippen LogP contribution in [-0.2, 0) is 0 Å². The van der Waals surface area contributed by atoms with Crippen molar-refractivity contribution in [1.29, 1.82) is 0 Å². The average Bonchev–Trinajstić information content (AvgIpc) is 2.58. The number of hydrogen-bond donors (Lipinski definition) is 2. The van der Waals surface area contributed by atoms with Crippen molar-refractivity contribution in [3.8, 4) is 0 Å². The molecule has 0 amide bonds. The third-order valence-corrected chi connectivity index (χ3v) is 5.08. The Labute approximate surface area is 165 Å². The summed E-state index contributed by atoms with van der Waals surface area (Å²) < 4.78 is 0. The molecule has 0 aliphatic carbocycles. The van der Waals surface area contributed by atoms with Crippen molar-refractivity contribution in [1.82, 2.24) is 5.32 Å². The second-order valence-electron chi connectivity index (χ2n) is 6.60. The van der Waals surface area contributed by atoms with Crippen molar-refractivity contribution in [2.24, 2.45) is 0 Å². The lowest BCUT2D eigenvalue weighted by atomic mass is 10.1. The zero-order valence-corrected chi connectivity index (χ0v) is 16.8. The van der Waals surface area contributed by atoms with Crippen molar-refractivity contribution >= 4 is 46.0 Å². The van der Waals surface area contributed by atoms with Crippen LogP contribution in [0, 0.1) is 13.8 Å². The SMILES string of the molecule is CCCC1(O)N(c2ccc(C)cc2)C(=S)NC(=S)N1c1ccc(C)cc1. The Morgan fingerprint density at radius 1 is 0.846 bits per heavy atom. The Kier molecular flexibility index (Phi) is 5.27. The number of benzene rings is 2. The van der Waals surface area contributed by atoms with Crippen LogP contribution in [0.1, 0.15) is 30.9 Å². The molecule has 0 atom stereocenters. The van der Waals surface area contributed by atoms with E-state index in [9.17, 15) is 5.11 Å². The van der Waals surface area contributed by atoms with E-state index < -0.39 is 5.85 Å². The first-order valence-corrected chi connectivity index (χ1v) is 9.49. The maximum atomic E-state index is 11.8. The van der Waals surface area contributed by atoms with E-state index >= 15 is 0 Å². The maximum absolute atomic E-state index is 11.8. The summed E-state index contributed by atoms with van der Waals surface area (Å²) in [6.45, 7) is 6.10. The highest BCUT2D eigenvalue weighted by Crippen LogP contribution is 2.36. The molecule has 0 radical (unpaired) electrons. The molecule has 6 heteroatoms. The highest BCUT2D eigenvalue weighted by molar-refractivity contribution is 7.82. The van der Waals surface area contributed by atoms with Gasteiger partial charge in [-0.1, -0.05) is 42.3 Å². The third-order valence-electron chi connectivity index (χ3n) is 4.51. The van der Waals surface area contributed by atoms with E-state index in [1.165, 1.54) is 0 Å². The quantitative estimate of drug-likeness (QED) is 0.767. The number of rotatable bonds is 4. The van der Waals surface area contributed by atoms with Gasteiger partial charge in [0.05, 0.1) is 0 Å². The standard InChI is InChI=1S/C20H23N3OS2/c1-4-13-20(24)22(16-9-5-14(2)6-10-16)18(25)21-19(26)23(20)17-11-7-15(3)8-12-17/h5-12,24H,4,13H2,1-3H3,(H,21,25,26). The fourth-order valence-electron chi connectivity index (χ4n) is 3.22. The highest BCUT2D eigenvalue weighted by Gasteiger charge is 2.48. The zero-order valence-electron chi connectivity index (χ0n) is 15.2. The monoisotopic (exact) mass is 385 g/mol. The number of aryl methyl sites for hydroxylation is 2. The number of nitrogens with zero attached hydrogens (tertiary/aromatic N) is 2. The van der Waals surface area contributed by atoms with Crippen molar-refractivity contribution in [3.05, 3.63) is 59.7 Å². The number of nitrogens with one attached hydrogen (secondary N) is 1. The van der Waals surface area contributed by atoms with Crippen LogP contribution in [0.3, 0.4) is 0 Å². The lowest BCUT2D eigenvalue weighted by Gasteiger charge is -2.52. The zero-order chi connectivity index (χ0) is 18.9. The minimum absolute atomic E-state index is 0.401.